The van der Waals surface area contributed by atoms with Crippen molar-refractivity contribution in [2.75, 3.05) is 10.5 Å². The Labute approximate surface area is 127 Å². The summed E-state index contributed by atoms with van der Waals surface area (Å²) in [7, 11) is -3.75. The molecule has 0 unspecified atom stereocenters. The quantitative estimate of drug-likeness (QED) is 0.843. The van der Waals surface area contributed by atoms with Crippen molar-refractivity contribution in [1.29, 1.82) is 0 Å². The molecule has 0 heterocycles. The lowest BCUT2D eigenvalue weighted by Crippen LogP contribution is -2.13. The Hall–Kier alpha value is -1.43. The second kappa shape index (κ2) is 5.52. The third-order valence-electron chi connectivity index (χ3n) is 2.67. The number of nitrogen functional groups attached to an aromatic ring is 1. The summed E-state index contributed by atoms with van der Waals surface area (Å²) in [6.07, 6.45) is 0. The summed E-state index contributed by atoms with van der Waals surface area (Å²) >= 11 is 11.6. The maximum atomic E-state index is 12.2. The Kier molecular flexibility index (Phi) is 4.13. The molecule has 0 fully saturated rings. The first-order chi connectivity index (χ1) is 9.28. The number of hydrogen-bond donors (Lipinski definition) is 2. The van der Waals surface area contributed by atoms with Crippen LogP contribution in [0.5, 0.6) is 0 Å². The average Bonchev–Trinajstić information content (AvgIpc) is 2.32. The van der Waals surface area contributed by atoms with E-state index >= 15 is 0 Å². The van der Waals surface area contributed by atoms with Crippen LogP contribution in [0.25, 0.3) is 0 Å². The van der Waals surface area contributed by atoms with E-state index in [-0.39, 0.29) is 14.9 Å². The van der Waals surface area contributed by atoms with Crippen LogP contribution >= 0.6 is 23.2 Å². The highest BCUT2D eigenvalue weighted by atomic mass is 35.5. The Bertz CT molecular complexity index is 741. The molecule has 0 aliphatic rings. The van der Waals surface area contributed by atoms with Crippen LogP contribution in [-0.2, 0) is 10.0 Å². The van der Waals surface area contributed by atoms with Crippen LogP contribution in [-0.4, -0.2) is 8.42 Å². The maximum absolute atomic E-state index is 12.2. The molecule has 4 nitrogen and oxygen atoms in total. The van der Waals surface area contributed by atoms with Crippen LogP contribution in [0.2, 0.25) is 10.0 Å². The zero-order valence-electron chi connectivity index (χ0n) is 10.5. The van der Waals surface area contributed by atoms with Gasteiger partial charge in [0.15, 0.2) is 0 Å². The summed E-state index contributed by atoms with van der Waals surface area (Å²) in [4.78, 5) is 0.00415. The zero-order valence-corrected chi connectivity index (χ0v) is 12.9. The van der Waals surface area contributed by atoms with Crippen LogP contribution < -0.4 is 10.5 Å². The van der Waals surface area contributed by atoms with Gasteiger partial charge in [0, 0.05) is 21.4 Å². The molecule has 106 valence electrons. The van der Waals surface area contributed by atoms with Crippen molar-refractivity contribution in [2.45, 2.75) is 11.8 Å². The van der Waals surface area contributed by atoms with Gasteiger partial charge in [-0.1, -0.05) is 23.2 Å². The summed E-state index contributed by atoms with van der Waals surface area (Å²) in [5, 5.41) is 0.512. The van der Waals surface area contributed by atoms with Crippen LogP contribution in [0, 0.1) is 6.92 Å². The Morgan fingerprint density at radius 3 is 2.20 bits per heavy atom. The second-order valence-corrected chi connectivity index (χ2v) is 6.84. The summed E-state index contributed by atoms with van der Waals surface area (Å²) in [5.74, 6) is 0. The van der Waals surface area contributed by atoms with Crippen molar-refractivity contribution >= 4 is 44.6 Å². The van der Waals surface area contributed by atoms with Gasteiger partial charge in [0.05, 0.1) is 4.90 Å². The Morgan fingerprint density at radius 1 is 1.05 bits per heavy atom. The van der Waals surface area contributed by atoms with E-state index in [1.807, 2.05) is 0 Å². The smallest absolute Gasteiger partial charge is 0.261 e. The molecule has 0 atom stereocenters. The molecule has 0 bridgehead atoms. The minimum Gasteiger partial charge on any atom is -0.399 e. The number of nitrogens with one attached hydrogen (secondary N) is 1. The van der Waals surface area contributed by atoms with Gasteiger partial charge < -0.3 is 5.73 Å². The normalized spacial score (nSPS) is 11.3. The molecule has 0 aliphatic heterocycles. The minimum atomic E-state index is -3.75. The Morgan fingerprint density at radius 2 is 1.65 bits per heavy atom. The maximum Gasteiger partial charge on any atom is 0.261 e. The molecular weight excluding hydrogens is 319 g/mol. The van der Waals surface area contributed by atoms with Gasteiger partial charge >= 0.3 is 0 Å². The summed E-state index contributed by atoms with van der Waals surface area (Å²) in [6.45, 7) is 1.80. The standard InChI is InChI=1S/C13H12Cl2N2O2S/c1-8-4-11(2-3-13(8)16)17-20(18,19)12-6-9(14)5-10(15)7-12/h2-7,17H,16H2,1H3. The molecule has 0 amide bonds. The number of benzene rings is 2. The van der Waals surface area contributed by atoms with Crippen molar-refractivity contribution in [3.8, 4) is 0 Å². The second-order valence-electron chi connectivity index (χ2n) is 4.28. The summed E-state index contributed by atoms with van der Waals surface area (Å²) < 4.78 is 26.9. The van der Waals surface area contributed by atoms with E-state index in [0.717, 1.165) is 5.56 Å². The SMILES string of the molecule is Cc1cc(NS(=O)(=O)c2cc(Cl)cc(Cl)c2)ccc1N. The average molecular weight is 331 g/mol. The van der Waals surface area contributed by atoms with Crippen LogP contribution in [0.3, 0.4) is 0 Å². The van der Waals surface area contributed by atoms with Crippen molar-refractivity contribution in [3.05, 3.63) is 52.0 Å². The molecule has 20 heavy (non-hydrogen) atoms. The largest absolute Gasteiger partial charge is 0.399 e. The predicted octanol–water partition coefficient (Wildman–Crippen LogP) is 3.68. The highest BCUT2D eigenvalue weighted by Gasteiger charge is 2.16. The van der Waals surface area contributed by atoms with E-state index in [2.05, 4.69) is 4.72 Å². The Balaban J connectivity index is 2.37. The van der Waals surface area contributed by atoms with E-state index in [1.165, 1.54) is 18.2 Å². The predicted molar refractivity (Wildman–Crippen MR) is 82.9 cm³/mol. The van der Waals surface area contributed by atoms with Crippen molar-refractivity contribution < 1.29 is 8.42 Å². The lowest BCUT2D eigenvalue weighted by Gasteiger charge is -2.10. The van der Waals surface area contributed by atoms with E-state index in [1.54, 1.807) is 25.1 Å². The van der Waals surface area contributed by atoms with E-state index in [0.29, 0.717) is 11.4 Å². The van der Waals surface area contributed by atoms with Crippen LogP contribution in [0.1, 0.15) is 5.56 Å². The van der Waals surface area contributed by atoms with Gasteiger partial charge in [-0.15, -0.1) is 0 Å². The monoisotopic (exact) mass is 330 g/mol. The number of aryl methyl sites for hydroxylation is 1. The van der Waals surface area contributed by atoms with Crippen molar-refractivity contribution in [3.63, 3.8) is 0 Å². The number of rotatable bonds is 3. The van der Waals surface area contributed by atoms with Gasteiger partial charge in [-0.05, 0) is 48.9 Å². The van der Waals surface area contributed by atoms with E-state index < -0.39 is 10.0 Å². The fourth-order valence-corrected chi connectivity index (χ4v) is 3.41. The lowest BCUT2D eigenvalue weighted by atomic mass is 10.2. The summed E-state index contributed by atoms with van der Waals surface area (Å²) in [5.41, 5.74) is 7.50. The molecule has 3 N–H and O–H groups in total. The third kappa shape index (κ3) is 3.36. The number of halogens is 2. The first-order valence-corrected chi connectivity index (χ1v) is 7.87. The van der Waals surface area contributed by atoms with Gasteiger partial charge in [0.25, 0.3) is 10.0 Å². The minimum absolute atomic E-state index is 0.00415. The fraction of sp³-hybridized carbons (Fsp3) is 0.0769. The topological polar surface area (TPSA) is 72.2 Å². The fourth-order valence-electron chi connectivity index (χ4n) is 1.64. The van der Waals surface area contributed by atoms with Crippen LogP contribution in [0.4, 0.5) is 11.4 Å². The van der Waals surface area contributed by atoms with E-state index in [4.69, 9.17) is 28.9 Å². The van der Waals surface area contributed by atoms with Crippen molar-refractivity contribution in [2.24, 2.45) is 0 Å². The lowest BCUT2D eigenvalue weighted by molar-refractivity contribution is 0.601. The number of anilines is 2. The zero-order chi connectivity index (χ0) is 14.9. The third-order valence-corrected chi connectivity index (χ3v) is 4.47. The van der Waals surface area contributed by atoms with Crippen molar-refractivity contribution in [1.82, 2.24) is 0 Å². The highest BCUT2D eigenvalue weighted by Crippen LogP contribution is 2.25. The van der Waals surface area contributed by atoms with Gasteiger partial charge in [0.1, 0.15) is 0 Å². The molecule has 0 aromatic heterocycles. The summed E-state index contributed by atoms with van der Waals surface area (Å²) in [6, 6.07) is 9.01. The van der Waals surface area contributed by atoms with Gasteiger partial charge in [-0.3, -0.25) is 4.72 Å². The molecule has 2 aromatic rings. The van der Waals surface area contributed by atoms with Crippen LogP contribution in [0.15, 0.2) is 41.3 Å². The molecule has 0 saturated heterocycles. The molecule has 2 rings (SSSR count). The number of hydrogen-bond acceptors (Lipinski definition) is 3. The number of sulfonamides is 1. The molecule has 0 saturated carbocycles. The van der Waals surface area contributed by atoms with Gasteiger partial charge in [0.2, 0.25) is 0 Å². The molecular formula is C13H12Cl2N2O2S. The van der Waals surface area contributed by atoms with Gasteiger partial charge in [-0.2, -0.15) is 0 Å². The molecule has 7 heteroatoms. The first-order valence-electron chi connectivity index (χ1n) is 5.63. The highest BCUT2D eigenvalue weighted by molar-refractivity contribution is 7.92. The molecule has 0 radical (unpaired) electrons. The molecule has 2 aromatic carbocycles. The van der Waals surface area contributed by atoms with Gasteiger partial charge in [-0.25, -0.2) is 8.42 Å². The molecule has 0 aliphatic carbocycles. The van der Waals surface area contributed by atoms with E-state index in [9.17, 15) is 8.42 Å². The molecule has 0 spiro atoms. The first kappa shape index (κ1) is 15.0. The number of nitrogens with two attached hydrogens (primary N) is 1.